The molecule has 24 heavy (non-hydrogen) atoms. The first-order chi connectivity index (χ1) is 11.4. The number of hydrogen-bond acceptors (Lipinski definition) is 6. The van der Waals surface area contributed by atoms with Crippen molar-refractivity contribution in [2.45, 2.75) is 17.0 Å². The number of hydrogen-bond donors (Lipinski definition) is 0. The van der Waals surface area contributed by atoms with Crippen molar-refractivity contribution in [1.82, 2.24) is 20.3 Å². The summed E-state index contributed by atoms with van der Waals surface area (Å²) in [6.45, 7) is 0. The Bertz CT molecular complexity index is 818. The predicted molar refractivity (Wildman–Crippen MR) is 76.3 cm³/mol. The van der Waals surface area contributed by atoms with Gasteiger partial charge < -0.3 is 4.52 Å². The normalized spacial score (nSPS) is 11.7. The van der Waals surface area contributed by atoms with E-state index in [0.29, 0.717) is 16.4 Å². The molecule has 0 radical (unpaired) electrons. The molecule has 0 unspecified atom stereocenters. The zero-order valence-electron chi connectivity index (χ0n) is 11.8. The second-order valence-corrected chi connectivity index (χ2v) is 5.56. The molecular formula is C14H8F4N4OS. The van der Waals surface area contributed by atoms with Crippen LogP contribution >= 0.6 is 11.8 Å². The van der Waals surface area contributed by atoms with Gasteiger partial charge in [-0.3, -0.25) is 0 Å². The molecule has 0 fully saturated rings. The zero-order valence-corrected chi connectivity index (χ0v) is 12.6. The highest BCUT2D eigenvalue weighted by Crippen LogP contribution is 2.28. The number of benzene rings is 1. The summed E-state index contributed by atoms with van der Waals surface area (Å²) in [5, 5.41) is 10.7. The first-order valence-electron chi connectivity index (χ1n) is 6.54. The van der Waals surface area contributed by atoms with E-state index in [1.165, 1.54) is 30.3 Å². The van der Waals surface area contributed by atoms with Crippen molar-refractivity contribution in [2.24, 2.45) is 0 Å². The van der Waals surface area contributed by atoms with E-state index < -0.39 is 11.9 Å². The van der Waals surface area contributed by atoms with Crippen LogP contribution in [0.25, 0.3) is 11.4 Å². The van der Waals surface area contributed by atoms with Crippen molar-refractivity contribution in [3.63, 3.8) is 0 Å². The van der Waals surface area contributed by atoms with Crippen LogP contribution in [0.5, 0.6) is 0 Å². The highest BCUT2D eigenvalue weighted by Gasteiger charge is 2.32. The first-order valence-corrected chi connectivity index (χ1v) is 7.52. The van der Waals surface area contributed by atoms with Gasteiger partial charge in [-0.1, -0.05) is 16.9 Å². The van der Waals surface area contributed by atoms with Crippen molar-refractivity contribution < 1.29 is 22.1 Å². The second-order valence-electron chi connectivity index (χ2n) is 4.56. The Morgan fingerprint density at radius 3 is 2.38 bits per heavy atom. The van der Waals surface area contributed by atoms with E-state index in [0.717, 1.165) is 17.8 Å². The minimum Gasteiger partial charge on any atom is -0.338 e. The molecule has 0 spiro atoms. The molecule has 0 aliphatic rings. The fourth-order valence-electron chi connectivity index (χ4n) is 1.71. The Labute approximate surface area is 137 Å². The van der Waals surface area contributed by atoms with Gasteiger partial charge in [0.1, 0.15) is 10.8 Å². The monoisotopic (exact) mass is 356 g/mol. The van der Waals surface area contributed by atoms with Crippen molar-refractivity contribution in [1.29, 1.82) is 0 Å². The van der Waals surface area contributed by atoms with Crippen molar-refractivity contribution in [3.05, 3.63) is 53.8 Å². The molecule has 124 valence electrons. The van der Waals surface area contributed by atoms with Crippen molar-refractivity contribution in [3.8, 4) is 11.4 Å². The minimum absolute atomic E-state index is 0.217. The lowest BCUT2D eigenvalue weighted by Crippen LogP contribution is -2.08. The lowest BCUT2D eigenvalue weighted by molar-refractivity contribution is -0.141. The summed E-state index contributed by atoms with van der Waals surface area (Å²) in [5.41, 5.74) is -0.464. The van der Waals surface area contributed by atoms with Gasteiger partial charge in [0.15, 0.2) is 5.69 Å². The fourth-order valence-corrected chi connectivity index (χ4v) is 2.37. The Morgan fingerprint density at radius 1 is 1.00 bits per heavy atom. The lowest BCUT2D eigenvalue weighted by atomic mass is 10.2. The molecule has 3 rings (SSSR count). The molecule has 0 atom stereocenters. The fraction of sp³-hybridized carbons (Fsp3) is 0.143. The smallest absolute Gasteiger partial charge is 0.338 e. The summed E-state index contributed by atoms with van der Waals surface area (Å²) in [7, 11) is 0. The number of halogens is 4. The number of rotatable bonds is 4. The van der Waals surface area contributed by atoms with Gasteiger partial charge in [-0.2, -0.15) is 18.2 Å². The average molecular weight is 356 g/mol. The van der Waals surface area contributed by atoms with Gasteiger partial charge in [-0.05, 0) is 36.4 Å². The molecule has 3 aromatic rings. The summed E-state index contributed by atoms with van der Waals surface area (Å²) in [6, 6.07) is 7.65. The van der Waals surface area contributed by atoms with Crippen LogP contribution in [-0.4, -0.2) is 20.3 Å². The Balaban J connectivity index is 1.64. The Hall–Kier alpha value is -2.49. The van der Waals surface area contributed by atoms with Crippen LogP contribution < -0.4 is 0 Å². The molecule has 1 aromatic carbocycles. The van der Waals surface area contributed by atoms with Gasteiger partial charge in [0.2, 0.25) is 11.7 Å². The third kappa shape index (κ3) is 3.88. The van der Waals surface area contributed by atoms with Crippen LogP contribution in [0.3, 0.4) is 0 Å². The Morgan fingerprint density at radius 2 is 1.75 bits per heavy atom. The topological polar surface area (TPSA) is 64.7 Å². The number of nitrogens with zero attached hydrogens (tertiary/aromatic N) is 4. The molecule has 0 amide bonds. The van der Waals surface area contributed by atoms with Gasteiger partial charge in [-0.15, -0.1) is 10.2 Å². The second kappa shape index (κ2) is 6.56. The van der Waals surface area contributed by atoms with Crippen LogP contribution in [-0.2, 0) is 11.9 Å². The molecule has 10 heteroatoms. The zero-order chi connectivity index (χ0) is 17.2. The molecule has 0 aliphatic heterocycles. The lowest BCUT2D eigenvalue weighted by Gasteiger charge is -2.04. The van der Waals surface area contributed by atoms with E-state index in [9.17, 15) is 17.6 Å². The third-order valence-corrected chi connectivity index (χ3v) is 3.75. The number of alkyl halides is 3. The number of thioether (sulfide) groups is 1. The summed E-state index contributed by atoms with van der Waals surface area (Å²) in [5.74, 6) is 0.401. The molecule has 5 nitrogen and oxygen atoms in total. The van der Waals surface area contributed by atoms with Crippen LogP contribution in [0, 0.1) is 5.82 Å². The van der Waals surface area contributed by atoms with Gasteiger partial charge >= 0.3 is 6.18 Å². The number of aromatic nitrogens is 4. The van der Waals surface area contributed by atoms with Gasteiger partial charge in [0.25, 0.3) is 0 Å². The molecule has 0 N–H and O–H groups in total. The van der Waals surface area contributed by atoms with Gasteiger partial charge in [0.05, 0.1) is 5.75 Å². The van der Waals surface area contributed by atoms with E-state index in [2.05, 4.69) is 20.3 Å². The van der Waals surface area contributed by atoms with E-state index in [1.807, 2.05) is 0 Å². The summed E-state index contributed by atoms with van der Waals surface area (Å²) < 4.78 is 55.1. The van der Waals surface area contributed by atoms with Gasteiger partial charge in [-0.25, -0.2) is 4.39 Å². The van der Waals surface area contributed by atoms with Crippen molar-refractivity contribution >= 4 is 11.8 Å². The summed E-state index contributed by atoms with van der Waals surface area (Å²) >= 11 is 1.11. The van der Waals surface area contributed by atoms with Crippen LogP contribution in [0.15, 0.2) is 45.9 Å². The highest BCUT2D eigenvalue weighted by molar-refractivity contribution is 7.98. The van der Waals surface area contributed by atoms with Crippen LogP contribution in [0.4, 0.5) is 17.6 Å². The van der Waals surface area contributed by atoms with Crippen molar-refractivity contribution in [2.75, 3.05) is 0 Å². The molecule has 2 aromatic heterocycles. The summed E-state index contributed by atoms with van der Waals surface area (Å²) in [4.78, 5) is 4.13. The van der Waals surface area contributed by atoms with E-state index >= 15 is 0 Å². The third-order valence-electron chi connectivity index (χ3n) is 2.84. The Kier molecular flexibility index (Phi) is 4.47. The maximum atomic E-state index is 12.9. The van der Waals surface area contributed by atoms with E-state index in [1.54, 1.807) is 0 Å². The highest BCUT2D eigenvalue weighted by atomic mass is 32.2. The quantitative estimate of drug-likeness (QED) is 0.520. The molecule has 0 bridgehead atoms. The first kappa shape index (κ1) is 16.4. The van der Waals surface area contributed by atoms with E-state index in [-0.39, 0.29) is 17.5 Å². The SMILES string of the molecule is Fc1ccc(-c2noc(CSc3ccc(C(F)(F)F)nn3)n2)cc1. The molecule has 0 aliphatic carbocycles. The predicted octanol–water partition coefficient (Wildman–Crippen LogP) is 3.98. The molecule has 2 heterocycles. The maximum Gasteiger partial charge on any atom is 0.435 e. The van der Waals surface area contributed by atoms with E-state index in [4.69, 9.17) is 4.52 Å². The molecule has 0 saturated carbocycles. The molecular weight excluding hydrogens is 348 g/mol. The van der Waals surface area contributed by atoms with Gasteiger partial charge in [0, 0.05) is 5.56 Å². The maximum absolute atomic E-state index is 12.9. The minimum atomic E-state index is -4.52. The summed E-state index contributed by atoms with van der Waals surface area (Å²) in [6.07, 6.45) is -4.52. The average Bonchev–Trinajstić information content (AvgIpc) is 3.02. The standard InChI is InChI=1S/C14H8F4N4OS/c15-9-3-1-8(2-4-9)13-19-11(23-22-13)7-24-12-6-5-10(20-21-12)14(16,17)18/h1-6H,7H2. The molecule has 0 saturated heterocycles. The largest absolute Gasteiger partial charge is 0.435 e. The van der Waals surface area contributed by atoms with Crippen LogP contribution in [0.1, 0.15) is 11.6 Å². The van der Waals surface area contributed by atoms with Crippen LogP contribution in [0.2, 0.25) is 0 Å².